The Morgan fingerprint density at radius 3 is 2.38 bits per heavy atom. The van der Waals surface area contributed by atoms with Crippen molar-refractivity contribution in [3.63, 3.8) is 0 Å². The van der Waals surface area contributed by atoms with Crippen LogP contribution in [-0.2, 0) is 6.18 Å². The van der Waals surface area contributed by atoms with Gasteiger partial charge in [0.25, 0.3) is 0 Å². The van der Waals surface area contributed by atoms with E-state index in [0.717, 1.165) is 12.1 Å². The minimum absolute atomic E-state index is 0.0753. The molecule has 21 heavy (non-hydrogen) atoms. The van der Waals surface area contributed by atoms with Crippen LogP contribution in [0, 0.1) is 5.41 Å². The van der Waals surface area contributed by atoms with E-state index in [1.54, 1.807) is 6.92 Å². The Morgan fingerprint density at radius 2 is 1.90 bits per heavy atom. The summed E-state index contributed by atoms with van der Waals surface area (Å²) in [4.78, 5) is 1.86. The van der Waals surface area contributed by atoms with Crippen molar-refractivity contribution < 1.29 is 18.3 Å². The zero-order chi connectivity index (χ0) is 15.8. The number of anilines is 1. The molecule has 1 aliphatic rings. The topological polar surface area (TPSA) is 73.3 Å². The van der Waals surface area contributed by atoms with E-state index in [9.17, 15) is 18.3 Å². The van der Waals surface area contributed by atoms with Gasteiger partial charge < -0.3 is 15.7 Å². The lowest BCUT2D eigenvalue weighted by molar-refractivity contribution is -0.137. The highest BCUT2D eigenvalue weighted by molar-refractivity contribution is 6.00. The molecule has 2 rings (SSSR count). The van der Waals surface area contributed by atoms with Crippen LogP contribution in [0.3, 0.4) is 0 Å². The van der Waals surface area contributed by atoms with Crippen LogP contribution < -0.4 is 10.6 Å². The van der Waals surface area contributed by atoms with E-state index in [0.29, 0.717) is 31.6 Å². The molecule has 0 saturated carbocycles. The number of amidine groups is 1. The molecule has 0 aliphatic carbocycles. The predicted octanol–water partition coefficient (Wildman–Crippen LogP) is 2.34. The van der Waals surface area contributed by atoms with Crippen molar-refractivity contribution in [2.45, 2.75) is 31.5 Å². The van der Waals surface area contributed by atoms with Gasteiger partial charge in [-0.2, -0.15) is 13.2 Å². The fourth-order valence-corrected chi connectivity index (χ4v) is 2.43. The molecule has 0 bridgehead atoms. The van der Waals surface area contributed by atoms with E-state index in [1.807, 2.05) is 4.90 Å². The number of alkyl halides is 3. The maximum absolute atomic E-state index is 12.7. The van der Waals surface area contributed by atoms with Crippen LogP contribution in [0.15, 0.2) is 18.2 Å². The molecule has 0 atom stereocenters. The Bertz CT molecular complexity index is 545. The fraction of sp³-hybridized carbons (Fsp3) is 0.500. The third-order valence-corrected chi connectivity index (χ3v) is 3.80. The van der Waals surface area contributed by atoms with Gasteiger partial charge in [-0.25, -0.2) is 0 Å². The zero-order valence-electron chi connectivity index (χ0n) is 11.7. The van der Waals surface area contributed by atoms with Crippen molar-refractivity contribution >= 4 is 11.5 Å². The maximum atomic E-state index is 12.7. The second kappa shape index (κ2) is 5.22. The molecule has 1 fully saturated rings. The summed E-state index contributed by atoms with van der Waals surface area (Å²) in [6, 6.07) is 3.25. The van der Waals surface area contributed by atoms with Crippen LogP contribution >= 0.6 is 0 Å². The van der Waals surface area contributed by atoms with Gasteiger partial charge in [0, 0.05) is 24.3 Å². The van der Waals surface area contributed by atoms with Crippen molar-refractivity contribution in [1.29, 1.82) is 5.41 Å². The SMILES string of the molecule is CC1(O)CCN(c2ccc(C(F)(F)F)cc2C(=N)N)CC1. The lowest BCUT2D eigenvalue weighted by Crippen LogP contribution is -2.43. The molecule has 4 nitrogen and oxygen atoms in total. The van der Waals surface area contributed by atoms with Crippen molar-refractivity contribution in [1.82, 2.24) is 0 Å². The van der Waals surface area contributed by atoms with Crippen LogP contribution in [0.4, 0.5) is 18.9 Å². The molecule has 4 N–H and O–H groups in total. The smallest absolute Gasteiger partial charge is 0.390 e. The molecule has 1 heterocycles. The van der Waals surface area contributed by atoms with Gasteiger partial charge in [-0.05, 0) is 38.0 Å². The molecule has 1 aromatic carbocycles. The van der Waals surface area contributed by atoms with Gasteiger partial charge in [0.15, 0.2) is 0 Å². The number of rotatable bonds is 2. The number of aliphatic hydroxyl groups is 1. The molecule has 116 valence electrons. The molecule has 0 spiro atoms. The molecule has 1 aromatic rings. The van der Waals surface area contributed by atoms with Crippen LogP contribution in [0.25, 0.3) is 0 Å². The minimum Gasteiger partial charge on any atom is -0.390 e. The van der Waals surface area contributed by atoms with Gasteiger partial charge >= 0.3 is 6.18 Å². The summed E-state index contributed by atoms with van der Waals surface area (Å²) in [5.41, 5.74) is 4.44. The number of nitrogens with zero attached hydrogens (tertiary/aromatic N) is 1. The summed E-state index contributed by atoms with van der Waals surface area (Å²) in [5, 5.41) is 17.4. The molecule has 7 heteroatoms. The van der Waals surface area contributed by atoms with Crippen molar-refractivity contribution in [2.24, 2.45) is 5.73 Å². The van der Waals surface area contributed by atoms with E-state index in [2.05, 4.69) is 0 Å². The number of nitrogens with one attached hydrogen (secondary N) is 1. The average Bonchev–Trinajstić information content (AvgIpc) is 2.37. The summed E-state index contributed by atoms with van der Waals surface area (Å²) in [6.07, 6.45) is -3.43. The van der Waals surface area contributed by atoms with Crippen LogP contribution in [0.1, 0.15) is 30.9 Å². The minimum atomic E-state index is -4.46. The van der Waals surface area contributed by atoms with E-state index < -0.39 is 23.2 Å². The number of piperidine rings is 1. The highest BCUT2D eigenvalue weighted by atomic mass is 19.4. The number of nitrogen functional groups attached to an aromatic ring is 1. The lowest BCUT2D eigenvalue weighted by Gasteiger charge is -2.38. The first-order valence-corrected chi connectivity index (χ1v) is 6.63. The van der Waals surface area contributed by atoms with Crippen LogP contribution in [0.5, 0.6) is 0 Å². The fourth-order valence-electron chi connectivity index (χ4n) is 2.43. The van der Waals surface area contributed by atoms with Crippen molar-refractivity contribution in [3.8, 4) is 0 Å². The quantitative estimate of drug-likeness (QED) is 0.580. The van der Waals surface area contributed by atoms with Gasteiger partial charge in [0.2, 0.25) is 0 Å². The summed E-state index contributed by atoms with van der Waals surface area (Å²) >= 11 is 0. The third kappa shape index (κ3) is 3.47. The number of halogens is 3. The molecule has 0 radical (unpaired) electrons. The third-order valence-electron chi connectivity index (χ3n) is 3.80. The molecule has 1 aliphatic heterocycles. The molecular formula is C14H18F3N3O. The second-order valence-corrected chi connectivity index (χ2v) is 5.63. The Hall–Kier alpha value is -1.76. The zero-order valence-corrected chi connectivity index (χ0v) is 11.7. The summed E-state index contributed by atoms with van der Waals surface area (Å²) < 4.78 is 38.2. The Morgan fingerprint density at radius 1 is 1.33 bits per heavy atom. The first-order valence-electron chi connectivity index (χ1n) is 6.63. The van der Waals surface area contributed by atoms with Crippen LogP contribution in [0.2, 0.25) is 0 Å². The van der Waals surface area contributed by atoms with E-state index in [4.69, 9.17) is 11.1 Å². The maximum Gasteiger partial charge on any atom is 0.416 e. The standard InChI is InChI=1S/C14H18F3N3O/c1-13(21)4-6-20(7-5-13)11-3-2-9(14(15,16)17)8-10(11)12(18)19/h2-3,8,21H,4-7H2,1H3,(H3,18,19). The van der Waals surface area contributed by atoms with Gasteiger partial charge in [-0.1, -0.05) is 0 Å². The molecular weight excluding hydrogens is 283 g/mol. The average molecular weight is 301 g/mol. The lowest BCUT2D eigenvalue weighted by atomic mass is 9.93. The van der Waals surface area contributed by atoms with E-state index in [-0.39, 0.29) is 5.56 Å². The number of hydrogen-bond acceptors (Lipinski definition) is 3. The van der Waals surface area contributed by atoms with Gasteiger partial charge in [0.05, 0.1) is 11.2 Å². The molecule has 0 aromatic heterocycles. The molecule has 0 amide bonds. The largest absolute Gasteiger partial charge is 0.416 e. The number of benzene rings is 1. The predicted molar refractivity (Wildman–Crippen MR) is 74.5 cm³/mol. The summed E-state index contributed by atoms with van der Waals surface area (Å²) in [5.74, 6) is -0.395. The second-order valence-electron chi connectivity index (χ2n) is 5.63. The summed E-state index contributed by atoms with van der Waals surface area (Å²) in [7, 11) is 0. The number of hydrogen-bond donors (Lipinski definition) is 3. The Kier molecular flexibility index (Phi) is 3.88. The first kappa shape index (κ1) is 15.6. The highest BCUT2D eigenvalue weighted by Gasteiger charge is 2.33. The van der Waals surface area contributed by atoms with Gasteiger partial charge in [0.1, 0.15) is 5.84 Å². The normalized spacial score (nSPS) is 18.6. The molecule has 0 unspecified atom stereocenters. The van der Waals surface area contributed by atoms with Gasteiger partial charge in [-0.15, -0.1) is 0 Å². The highest BCUT2D eigenvalue weighted by Crippen LogP contribution is 2.34. The van der Waals surface area contributed by atoms with Crippen LogP contribution in [-0.4, -0.2) is 29.6 Å². The van der Waals surface area contributed by atoms with E-state index in [1.165, 1.54) is 6.07 Å². The first-order chi connectivity index (χ1) is 9.60. The van der Waals surface area contributed by atoms with Crippen molar-refractivity contribution in [3.05, 3.63) is 29.3 Å². The summed E-state index contributed by atoms with van der Waals surface area (Å²) in [6.45, 7) is 2.76. The van der Waals surface area contributed by atoms with Crippen molar-refractivity contribution in [2.75, 3.05) is 18.0 Å². The Balaban J connectivity index is 2.34. The monoisotopic (exact) mass is 301 g/mol. The van der Waals surface area contributed by atoms with Gasteiger partial charge in [-0.3, -0.25) is 5.41 Å². The van der Waals surface area contributed by atoms with E-state index >= 15 is 0 Å². The molecule has 1 saturated heterocycles. The number of nitrogens with two attached hydrogens (primary N) is 1. The Labute approximate surface area is 120 Å².